The maximum absolute atomic E-state index is 14.1. The van der Waals surface area contributed by atoms with Gasteiger partial charge in [-0.1, -0.05) is 60.1 Å². The second-order valence-electron chi connectivity index (χ2n) is 10.4. The summed E-state index contributed by atoms with van der Waals surface area (Å²) in [6.07, 6.45) is 1.98. The number of esters is 1. The third-order valence-electron chi connectivity index (χ3n) is 7.73. The normalized spacial score (nSPS) is 11.6. The molecule has 0 spiro atoms. The van der Waals surface area contributed by atoms with E-state index in [0.29, 0.717) is 32.2 Å². The number of halogens is 1. The zero-order valence-electron chi connectivity index (χ0n) is 23.5. The summed E-state index contributed by atoms with van der Waals surface area (Å²) in [5.41, 5.74) is 4.80. The van der Waals surface area contributed by atoms with Crippen molar-refractivity contribution in [3.8, 4) is 0 Å². The molecule has 7 heteroatoms. The molecule has 0 saturated heterocycles. The minimum absolute atomic E-state index is 0.146. The third-order valence-corrected chi connectivity index (χ3v) is 10.4. The molecule has 0 amide bonds. The number of rotatable bonds is 7. The number of aromatic nitrogens is 1. The number of hydrogen-bond acceptors (Lipinski definition) is 5. The van der Waals surface area contributed by atoms with Crippen LogP contribution in [-0.2, 0) is 10.5 Å². The Labute approximate surface area is 261 Å². The van der Waals surface area contributed by atoms with Gasteiger partial charge in [0.1, 0.15) is 0 Å². The molecule has 0 radical (unpaired) electrons. The van der Waals surface area contributed by atoms with Crippen LogP contribution in [0.15, 0.2) is 101 Å². The first-order valence-electron chi connectivity index (χ1n) is 14.0. The molecular weight excluding hydrogens is 594 g/mol. The first-order valence-corrected chi connectivity index (χ1v) is 16.2. The molecule has 0 saturated carbocycles. The van der Waals surface area contributed by atoms with E-state index in [1.807, 2.05) is 29.7 Å². The molecule has 3 heterocycles. The van der Waals surface area contributed by atoms with Gasteiger partial charge in [0.2, 0.25) is 5.78 Å². The minimum atomic E-state index is -0.430. The first kappa shape index (κ1) is 27.7. The Bertz CT molecular complexity index is 2160. The zero-order valence-corrected chi connectivity index (χ0v) is 25.9. The van der Waals surface area contributed by atoms with E-state index in [0.717, 1.165) is 20.8 Å². The van der Waals surface area contributed by atoms with Crippen LogP contribution in [0.1, 0.15) is 43.6 Å². The van der Waals surface area contributed by atoms with Gasteiger partial charge < -0.3 is 9.14 Å². The fourth-order valence-electron chi connectivity index (χ4n) is 5.77. The summed E-state index contributed by atoms with van der Waals surface area (Å²) in [5, 5.41) is 6.01. The van der Waals surface area contributed by atoms with E-state index < -0.39 is 5.97 Å². The number of aryl methyl sites for hydroxylation is 1. The number of thioether (sulfide) groups is 1. The third kappa shape index (κ3) is 4.80. The van der Waals surface area contributed by atoms with Crippen molar-refractivity contribution in [1.82, 2.24) is 4.40 Å². The number of thiophene rings is 1. The Morgan fingerprint density at radius 2 is 1.58 bits per heavy atom. The number of hydrogen-bond donors (Lipinski definition) is 0. The van der Waals surface area contributed by atoms with Crippen LogP contribution in [0.2, 0.25) is 5.02 Å². The first-order chi connectivity index (χ1) is 20.9. The predicted octanol–water partition coefficient (Wildman–Crippen LogP) is 10.1. The molecule has 7 rings (SSSR count). The van der Waals surface area contributed by atoms with Crippen LogP contribution in [0.25, 0.3) is 38.0 Å². The van der Waals surface area contributed by atoms with Crippen molar-refractivity contribution in [1.29, 1.82) is 0 Å². The summed E-state index contributed by atoms with van der Waals surface area (Å²) >= 11 is 9.27. The summed E-state index contributed by atoms with van der Waals surface area (Å²) < 4.78 is 8.56. The van der Waals surface area contributed by atoms with Crippen LogP contribution in [0, 0.1) is 6.92 Å². The number of nitrogens with zero attached hydrogens (tertiary/aromatic N) is 1. The van der Waals surface area contributed by atoms with E-state index in [1.54, 1.807) is 43.0 Å². The molecule has 0 aliphatic carbocycles. The summed E-state index contributed by atoms with van der Waals surface area (Å²) in [6.45, 7) is 4.03. The van der Waals surface area contributed by atoms with Gasteiger partial charge in [0.05, 0.1) is 32.3 Å². The lowest BCUT2D eigenvalue weighted by atomic mass is 9.98. The van der Waals surface area contributed by atoms with Gasteiger partial charge >= 0.3 is 5.97 Å². The van der Waals surface area contributed by atoms with Gasteiger partial charge in [0.25, 0.3) is 0 Å². The number of benzene rings is 4. The van der Waals surface area contributed by atoms with Gasteiger partial charge in [0.15, 0.2) is 0 Å². The maximum atomic E-state index is 14.1. The van der Waals surface area contributed by atoms with Crippen LogP contribution in [0.3, 0.4) is 0 Å². The standard InChI is InChI=1S/C36H26ClNO3S2/c1-3-41-35(40)30-29-18-21(2)16-17-38(29)32-31(30)34(33(39)22-12-14-25(37)15-13-22)43-36(32)42-20-28-26-10-6-4-8-23(26)19-24-9-5-7-11-27(24)28/h4-19H,3,20H2,1-2H3. The number of ketones is 1. The Morgan fingerprint density at radius 3 is 2.26 bits per heavy atom. The number of carbonyl (C=O) groups is 2. The van der Waals surface area contributed by atoms with Crippen molar-refractivity contribution in [3.63, 3.8) is 0 Å². The topological polar surface area (TPSA) is 47.8 Å². The van der Waals surface area contributed by atoms with Gasteiger partial charge in [-0.05, 0) is 89.0 Å². The fourth-order valence-corrected chi connectivity index (χ4v) is 8.48. The smallest absolute Gasteiger partial charge is 0.341 e. The Balaban J connectivity index is 1.46. The highest BCUT2D eigenvalue weighted by molar-refractivity contribution is 8.00. The molecule has 0 N–H and O–H groups in total. The Hall–Kier alpha value is -4.10. The highest BCUT2D eigenvalue weighted by atomic mass is 35.5. The average Bonchev–Trinajstić information content (AvgIpc) is 3.54. The van der Waals surface area contributed by atoms with E-state index in [-0.39, 0.29) is 12.4 Å². The van der Waals surface area contributed by atoms with E-state index in [4.69, 9.17) is 16.3 Å². The molecule has 7 aromatic rings. The van der Waals surface area contributed by atoms with E-state index in [2.05, 4.69) is 54.6 Å². The van der Waals surface area contributed by atoms with Gasteiger partial charge in [-0.2, -0.15) is 0 Å². The van der Waals surface area contributed by atoms with Crippen LogP contribution in [-0.4, -0.2) is 22.8 Å². The molecule has 0 aliphatic rings. The molecule has 43 heavy (non-hydrogen) atoms. The second-order valence-corrected chi connectivity index (χ2v) is 13.1. The van der Waals surface area contributed by atoms with Gasteiger partial charge in [-0.25, -0.2) is 4.79 Å². The lowest BCUT2D eigenvalue weighted by Gasteiger charge is -2.11. The second kappa shape index (κ2) is 11.2. The number of pyridine rings is 1. The SMILES string of the molecule is CCOC(=O)c1c2c(C(=O)c3ccc(Cl)cc3)sc(SCc3c4ccccc4cc4ccccc34)c2n2ccc(C)cc12. The molecule has 4 nitrogen and oxygen atoms in total. The number of fused-ring (bicyclic) bond motifs is 5. The molecule has 0 aliphatic heterocycles. The van der Waals surface area contributed by atoms with Crippen molar-refractivity contribution in [2.45, 2.75) is 23.8 Å². The summed E-state index contributed by atoms with van der Waals surface area (Å²) in [7, 11) is 0. The average molecular weight is 620 g/mol. The van der Waals surface area contributed by atoms with E-state index in [1.165, 1.54) is 38.4 Å². The Morgan fingerprint density at radius 1 is 0.907 bits per heavy atom. The molecule has 3 aromatic heterocycles. The fraction of sp³-hybridized carbons (Fsp3) is 0.111. The maximum Gasteiger partial charge on any atom is 0.341 e. The van der Waals surface area contributed by atoms with Crippen LogP contribution in [0.4, 0.5) is 0 Å². The Kier molecular flexibility index (Phi) is 7.21. The molecular formula is C36H26ClNO3S2. The van der Waals surface area contributed by atoms with Crippen LogP contribution < -0.4 is 0 Å². The largest absolute Gasteiger partial charge is 0.462 e. The number of ether oxygens (including phenoxy) is 1. The van der Waals surface area contributed by atoms with Crippen LogP contribution in [0.5, 0.6) is 0 Å². The molecule has 0 fully saturated rings. The van der Waals surface area contributed by atoms with Gasteiger partial charge in [-0.15, -0.1) is 23.1 Å². The molecule has 4 aromatic carbocycles. The minimum Gasteiger partial charge on any atom is -0.462 e. The zero-order chi connectivity index (χ0) is 29.7. The van der Waals surface area contributed by atoms with Crippen molar-refractivity contribution in [2.24, 2.45) is 0 Å². The van der Waals surface area contributed by atoms with Crippen LogP contribution >= 0.6 is 34.7 Å². The van der Waals surface area contributed by atoms with Crippen molar-refractivity contribution in [2.75, 3.05) is 6.61 Å². The summed E-state index contributed by atoms with van der Waals surface area (Å²) in [5.74, 6) is 0.118. The number of carbonyl (C=O) groups excluding carboxylic acids is 2. The highest BCUT2D eigenvalue weighted by Crippen LogP contribution is 2.46. The van der Waals surface area contributed by atoms with Gasteiger partial charge in [-0.3, -0.25) is 4.79 Å². The van der Waals surface area contributed by atoms with Crippen molar-refractivity contribution >= 4 is 84.4 Å². The van der Waals surface area contributed by atoms with Gasteiger partial charge in [0, 0.05) is 27.9 Å². The lowest BCUT2D eigenvalue weighted by molar-refractivity contribution is 0.0531. The highest BCUT2D eigenvalue weighted by Gasteiger charge is 2.30. The predicted molar refractivity (Wildman–Crippen MR) is 179 cm³/mol. The monoisotopic (exact) mass is 619 g/mol. The lowest BCUT2D eigenvalue weighted by Crippen LogP contribution is -2.06. The quantitative estimate of drug-likeness (QED) is 0.0771. The summed E-state index contributed by atoms with van der Waals surface area (Å²) in [4.78, 5) is 28.1. The molecule has 212 valence electrons. The van der Waals surface area contributed by atoms with Crippen molar-refractivity contribution in [3.05, 3.63) is 129 Å². The van der Waals surface area contributed by atoms with E-state index >= 15 is 0 Å². The molecule has 0 unspecified atom stereocenters. The molecule has 0 bridgehead atoms. The van der Waals surface area contributed by atoms with E-state index in [9.17, 15) is 9.59 Å². The molecule has 0 atom stereocenters. The summed E-state index contributed by atoms with van der Waals surface area (Å²) in [6, 6.07) is 30.1. The van der Waals surface area contributed by atoms with Crippen molar-refractivity contribution < 1.29 is 14.3 Å².